The van der Waals surface area contributed by atoms with E-state index >= 15 is 0 Å². The minimum absolute atomic E-state index is 0.204. The van der Waals surface area contributed by atoms with Gasteiger partial charge in [-0.25, -0.2) is 4.98 Å². The molecule has 0 unspecified atom stereocenters. The van der Waals surface area contributed by atoms with E-state index in [9.17, 15) is 14.4 Å². The molecule has 3 heterocycles. The van der Waals surface area contributed by atoms with Gasteiger partial charge in [0.1, 0.15) is 16.4 Å². The van der Waals surface area contributed by atoms with Crippen molar-refractivity contribution in [3.63, 3.8) is 0 Å². The molecule has 0 radical (unpaired) electrons. The Morgan fingerprint density at radius 2 is 1.85 bits per heavy atom. The summed E-state index contributed by atoms with van der Waals surface area (Å²) in [5.41, 5.74) is 9.67. The van der Waals surface area contributed by atoms with Crippen LogP contribution >= 0.6 is 22.7 Å². The quantitative estimate of drug-likeness (QED) is 0.430. The highest BCUT2D eigenvalue weighted by atomic mass is 32.1. The summed E-state index contributed by atoms with van der Waals surface area (Å²) in [6, 6.07) is 8.02. The molecule has 0 spiro atoms. The van der Waals surface area contributed by atoms with E-state index in [0.717, 1.165) is 57.7 Å². The molecular weight excluding hydrogens is 468 g/mol. The number of nitrogens with zero attached hydrogens (tertiary/aromatic N) is 2. The maximum atomic E-state index is 13.4. The van der Waals surface area contributed by atoms with Gasteiger partial charge in [-0.3, -0.25) is 19.0 Å². The maximum Gasteiger partial charge on any atom is 0.263 e. The Balaban J connectivity index is 1.48. The average molecular weight is 493 g/mol. The number of anilines is 1. The maximum absolute atomic E-state index is 13.4. The number of hydrogen-bond donors (Lipinski definition) is 2. The van der Waals surface area contributed by atoms with Crippen LogP contribution in [0.25, 0.3) is 21.3 Å². The number of hydrogen-bond acceptors (Lipinski definition) is 6. The summed E-state index contributed by atoms with van der Waals surface area (Å²) in [6.07, 6.45) is 5.15. The van der Waals surface area contributed by atoms with E-state index in [1.807, 2.05) is 38.1 Å². The van der Waals surface area contributed by atoms with E-state index in [0.29, 0.717) is 20.8 Å². The van der Waals surface area contributed by atoms with E-state index in [1.54, 1.807) is 0 Å². The lowest BCUT2D eigenvalue weighted by atomic mass is 9.95. The summed E-state index contributed by atoms with van der Waals surface area (Å²) in [6.45, 7) is 3.79. The normalized spacial score (nSPS) is 13.1. The highest BCUT2D eigenvalue weighted by molar-refractivity contribution is 7.19. The van der Waals surface area contributed by atoms with E-state index < -0.39 is 11.8 Å². The van der Waals surface area contributed by atoms with Crippen LogP contribution in [0.5, 0.6) is 0 Å². The zero-order chi connectivity index (χ0) is 24.0. The van der Waals surface area contributed by atoms with E-state index in [2.05, 4.69) is 10.3 Å². The Bertz CT molecular complexity index is 1500. The van der Waals surface area contributed by atoms with Crippen molar-refractivity contribution in [2.24, 2.45) is 5.73 Å². The Morgan fingerprint density at radius 3 is 2.59 bits per heavy atom. The Kier molecular flexibility index (Phi) is 5.83. The molecule has 0 fully saturated rings. The Morgan fingerprint density at radius 1 is 1.12 bits per heavy atom. The zero-order valence-electron chi connectivity index (χ0n) is 18.9. The summed E-state index contributed by atoms with van der Waals surface area (Å²) in [4.78, 5) is 45.6. The number of thiophene rings is 2. The molecule has 5 rings (SSSR count). The smallest absolute Gasteiger partial charge is 0.263 e. The van der Waals surface area contributed by atoms with Crippen molar-refractivity contribution in [1.29, 1.82) is 0 Å². The van der Waals surface area contributed by atoms with Crippen LogP contribution in [0.2, 0.25) is 0 Å². The van der Waals surface area contributed by atoms with Gasteiger partial charge in [-0.1, -0.05) is 29.8 Å². The van der Waals surface area contributed by atoms with Crippen molar-refractivity contribution in [3.8, 4) is 11.1 Å². The number of amides is 2. The van der Waals surface area contributed by atoms with Crippen LogP contribution in [0, 0.1) is 13.8 Å². The second-order valence-corrected chi connectivity index (χ2v) is 10.9. The molecule has 174 valence electrons. The van der Waals surface area contributed by atoms with Gasteiger partial charge in [-0.05, 0) is 50.7 Å². The van der Waals surface area contributed by atoms with Crippen molar-refractivity contribution >= 4 is 49.7 Å². The Hall–Kier alpha value is -3.30. The van der Waals surface area contributed by atoms with Crippen LogP contribution in [0.4, 0.5) is 5.00 Å². The standard InChI is InChI=1S/C25H24N4O3S2/c1-13-7-9-15(10-8-13)19-14(2)33-23-21(19)25(32)29(12-27-23)11-18(30)28-24-20(22(26)31)16-5-3-4-6-17(16)34-24/h7-10,12H,3-6,11H2,1-2H3,(H2,26,31)(H,28,30). The molecule has 0 aliphatic heterocycles. The average Bonchev–Trinajstić information content (AvgIpc) is 3.33. The lowest BCUT2D eigenvalue weighted by molar-refractivity contribution is -0.116. The zero-order valence-corrected chi connectivity index (χ0v) is 20.6. The van der Waals surface area contributed by atoms with Crippen molar-refractivity contribution in [1.82, 2.24) is 9.55 Å². The summed E-state index contributed by atoms with van der Waals surface area (Å²) in [7, 11) is 0. The van der Waals surface area contributed by atoms with Crippen molar-refractivity contribution in [2.45, 2.75) is 46.1 Å². The predicted molar refractivity (Wildman–Crippen MR) is 137 cm³/mol. The number of aromatic nitrogens is 2. The summed E-state index contributed by atoms with van der Waals surface area (Å²) in [5, 5.41) is 3.81. The number of rotatable bonds is 5. The molecule has 0 saturated heterocycles. The molecule has 7 nitrogen and oxygen atoms in total. The molecule has 9 heteroatoms. The third-order valence-corrected chi connectivity index (χ3v) is 8.40. The molecule has 3 aromatic heterocycles. The summed E-state index contributed by atoms with van der Waals surface area (Å²) < 4.78 is 1.32. The first-order chi connectivity index (χ1) is 16.3. The van der Waals surface area contributed by atoms with Gasteiger partial charge in [0.05, 0.1) is 17.3 Å². The van der Waals surface area contributed by atoms with Crippen LogP contribution in [0.1, 0.15) is 44.1 Å². The lowest BCUT2D eigenvalue weighted by Crippen LogP contribution is -2.28. The fourth-order valence-corrected chi connectivity index (χ4v) is 6.87. The van der Waals surface area contributed by atoms with Gasteiger partial charge in [0.2, 0.25) is 5.91 Å². The van der Waals surface area contributed by atoms with Crippen LogP contribution in [0.3, 0.4) is 0 Å². The van der Waals surface area contributed by atoms with E-state index in [4.69, 9.17) is 5.73 Å². The minimum atomic E-state index is -0.536. The fourth-order valence-electron chi connectivity index (χ4n) is 4.55. The number of primary amides is 1. The molecule has 1 aromatic carbocycles. The van der Waals surface area contributed by atoms with Gasteiger partial charge in [0, 0.05) is 15.3 Å². The van der Waals surface area contributed by atoms with Gasteiger partial charge in [-0.15, -0.1) is 22.7 Å². The number of carbonyl (C=O) groups excluding carboxylic acids is 2. The minimum Gasteiger partial charge on any atom is -0.365 e. The lowest BCUT2D eigenvalue weighted by Gasteiger charge is -2.11. The third kappa shape index (κ3) is 3.95. The first-order valence-corrected chi connectivity index (χ1v) is 12.8. The van der Waals surface area contributed by atoms with Gasteiger partial charge in [0.15, 0.2) is 0 Å². The SMILES string of the molecule is Cc1ccc(-c2c(C)sc3ncn(CC(=O)Nc4sc5c(c4C(N)=O)CCCC5)c(=O)c23)cc1. The fraction of sp³-hybridized carbons (Fsp3) is 0.280. The molecule has 1 aliphatic rings. The predicted octanol–water partition coefficient (Wildman–Crippen LogP) is 4.42. The van der Waals surface area contributed by atoms with Gasteiger partial charge < -0.3 is 11.1 Å². The number of benzene rings is 1. The number of carbonyl (C=O) groups is 2. The van der Waals surface area contributed by atoms with Crippen LogP contribution in [-0.2, 0) is 24.2 Å². The molecule has 0 atom stereocenters. The van der Waals surface area contributed by atoms with Crippen molar-refractivity contribution < 1.29 is 9.59 Å². The number of fused-ring (bicyclic) bond motifs is 2. The highest BCUT2D eigenvalue weighted by Crippen LogP contribution is 2.38. The monoisotopic (exact) mass is 492 g/mol. The first-order valence-electron chi connectivity index (χ1n) is 11.1. The third-order valence-electron chi connectivity index (χ3n) is 6.18. The van der Waals surface area contributed by atoms with Gasteiger partial charge in [-0.2, -0.15) is 0 Å². The first kappa shape index (κ1) is 22.5. The number of nitrogens with two attached hydrogens (primary N) is 1. The van der Waals surface area contributed by atoms with Crippen LogP contribution < -0.4 is 16.6 Å². The number of nitrogens with one attached hydrogen (secondary N) is 1. The molecule has 4 aromatic rings. The van der Waals surface area contributed by atoms with Gasteiger partial charge >= 0.3 is 0 Å². The van der Waals surface area contributed by atoms with Crippen molar-refractivity contribution in [2.75, 3.05) is 5.32 Å². The molecule has 1 aliphatic carbocycles. The molecule has 0 bridgehead atoms. The summed E-state index contributed by atoms with van der Waals surface area (Å²) >= 11 is 2.87. The van der Waals surface area contributed by atoms with E-state index in [1.165, 1.54) is 33.6 Å². The molecule has 2 amide bonds. The summed E-state index contributed by atoms with van der Waals surface area (Å²) in [5.74, 6) is -0.931. The largest absolute Gasteiger partial charge is 0.365 e. The number of aryl methyl sites for hydroxylation is 3. The van der Waals surface area contributed by atoms with Crippen LogP contribution in [0.15, 0.2) is 35.4 Å². The molecule has 3 N–H and O–H groups in total. The van der Waals surface area contributed by atoms with Crippen LogP contribution in [-0.4, -0.2) is 21.4 Å². The molecular formula is C25H24N4O3S2. The molecule has 0 saturated carbocycles. The second-order valence-electron chi connectivity index (χ2n) is 8.58. The van der Waals surface area contributed by atoms with E-state index in [-0.39, 0.29) is 12.1 Å². The second kappa shape index (κ2) is 8.81. The van der Waals surface area contributed by atoms with Gasteiger partial charge in [0.25, 0.3) is 11.5 Å². The van der Waals surface area contributed by atoms with Crippen molar-refractivity contribution in [3.05, 3.63) is 67.4 Å². The Labute approximate surface area is 204 Å². The highest BCUT2D eigenvalue weighted by Gasteiger charge is 2.25. The molecule has 34 heavy (non-hydrogen) atoms. The topological polar surface area (TPSA) is 107 Å².